The first kappa shape index (κ1) is 19.4. The number of carbonyl (C=O) groups is 1. The standard InChI is InChI=1S/C18H25N3O3S/c1-5-8-19-18(22)16(4)20-9-11-21(12-10-20)25(23,24)17-13-14(2)6-7-15(17)3/h1,6-7,13,16H,8-12H2,2-4H3,(H,19,22). The van der Waals surface area contributed by atoms with Crippen molar-refractivity contribution < 1.29 is 13.2 Å². The molecule has 1 atom stereocenters. The van der Waals surface area contributed by atoms with Gasteiger partial charge in [-0.05, 0) is 38.0 Å². The van der Waals surface area contributed by atoms with Crippen molar-refractivity contribution in [3.63, 3.8) is 0 Å². The molecular weight excluding hydrogens is 338 g/mol. The highest BCUT2D eigenvalue weighted by molar-refractivity contribution is 7.89. The zero-order valence-electron chi connectivity index (χ0n) is 14.9. The Balaban J connectivity index is 2.05. The van der Waals surface area contributed by atoms with Crippen LogP contribution in [-0.2, 0) is 14.8 Å². The zero-order chi connectivity index (χ0) is 18.6. The molecule has 1 fully saturated rings. The van der Waals surface area contributed by atoms with Crippen LogP contribution in [0.25, 0.3) is 0 Å². The monoisotopic (exact) mass is 363 g/mol. The summed E-state index contributed by atoms with van der Waals surface area (Å²) in [6, 6.07) is 5.12. The fraction of sp³-hybridized carbons (Fsp3) is 0.500. The Morgan fingerprint density at radius 2 is 1.92 bits per heavy atom. The van der Waals surface area contributed by atoms with Crippen molar-refractivity contribution >= 4 is 15.9 Å². The largest absolute Gasteiger partial charge is 0.344 e. The fourth-order valence-corrected chi connectivity index (χ4v) is 4.64. The third-order valence-electron chi connectivity index (χ3n) is 4.53. The minimum atomic E-state index is -3.52. The molecule has 0 aromatic heterocycles. The number of amides is 1. The van der Waals surface area contributed by atoms with Gasteiger partial charge in [-0.15, -0.1) is 6.42 Å². The first-order valence-corrected chi connectivity index (χ1v) is 9.74. The van der Waals surface area contributed by atoms with Gasteiger partial charge in [-0.1, -0.05) is 18.1 Å². The number of terminal acetylenes is 1. The number of hydrogen-bond acceptors (Lipinski definition) is 4. The molecule has 1 aliphatic heterocycles. The molecule has 1 unspecified atom stereocenters. The Labute approximate surface area is 150 Å². The molecule has 1 amide bonds. The fourth-order valence-electron chi connectivity index (χ4n) is 2.91. The Morgan fingerprint density at radius 1 is 1.28 bits per heavy atom. The predicted molar refractivity (Wildman–Crippen MR) is 97.6 cm³/mol. The predicted octanol–water partition coefficient (Wildman–Crippen LogP) is 0.748. The number of rotatable bonds is 5. The number of hydrogen-bond donors (Lipinski definition) is 1. The molecule has 1 aliphatic rings. The van der Waals surface area contributed by atoms with Gasteiger partial charge in [0, 0.05) is 26.2 Å². The maximum Gasteiger partial charge on any atom is 0.243 e. The number of benzene rings is 1. The van der Waals surface area contributed by atoms with Crippen LogP contribution in [0, 0.1) is 26.2 Å². The number of carbonyl (C=O) groups excluding carboxylic acids is 1. The van der Waals surface area contributed by atoms with Crippen LogP contribution in [0.3, 0.4) is 0 Å². The van der Waals surface area contributed by atoms with E-state index < -0.39 is 10.0 Å². The number of piperazine rings is 1. The SMILES string of the molecule is C#CCNC(=O)C(C)N1CCN(S(=O)(=O)c2cc(C)ccc2C)CC1. The second-order valence-corrected chi connectivity index (χ2v) is 8.21. The molecule has 0 spiro atoms. The average Bonchev–Trinajstić information content (AvgIpc) is 2.61. The smallest absolute Gasteiger partial charge is 0.243 e. The summed E-state index contributed by atoms with van der Waals surface area (Å²) in [5.74, 6) is 2.24. The lowest BCUT2D eigenvalue weighted by Gasteiger charge is -2.36. The summed E-state index contributed by atoms with van der Waals surface area (Å²) in [5, 5.41) is 2.66. The molecule has 25 heavy (non-hydrogen) atoms. The Kier molecular flexibility index (Phi) is 6.22. The highest BCUT2D eigenvalue weighted by atomic mass is 32.2. The summed E-state index contributed by atoms with van der Waals surface area (Å²) in [6.07, 6.45) is 5.15. The molecule has 1 aromatic rings. The van der Waals surface area contributed by atoms with Gasteiger partial charge in [0.15, 0.2) is 0 Å². The third-order valence-corrected chi connectivity index (χ3v) is 6.57. The van der Waals surface area contributed by atoms with Gasteiger partial charge < -0.3 is 5.32 Å². The van der Waals surface area contributed by atoms with E-state index in [-0.39, 0.29) is 18.5 Å². The molecule has 1 N–H and O–H groups in total. The maximum absolute atomic E-state index is 12.9. The van der Waals surface area contributed by atoms with Crippen molar-refractivity contribution in [1.29, 1.82) is 0 Å². The highest BCUT2D eigenvalue weighted by Gasteiger charge is 2.32. The van der Waals surface area contributed by atoms with Crippen molar-refractivity contribution in [1.82, 2.24) is 14.5 Å². The minimum absolute atomic E-state index is 0.135. The Morgan fingerprint density at radius 3 is 2.52 bits per heavy atom. The van der Waals surface area contributed by atoms with E-state index in [2.05, 4.69) is 11.2 Å². The molecule has 0 radical (unpaired) electrons. The van der Waals surface area contributed by atoms with E-state index in [1.807, 2.05) is 24.0 Å². The quantitative estimate of drug-likeness (QED) is 0.784. The first-order valence-electron chi connectivity index (χ1n) is 8.30. The van der Waals surface area contributed by atoms with Crippen molar-refractivity contribution in [2.24, 2.45) is 0 Å². The van der Waals surface area contributed by atoms with Gasteiger partial charge in [0.1, 0.15) is 0 Å². The van der Waals surface area contributed by atoms with Crippen LogP contribution < -0.4 is 5.32 Å². The van der Waals surface area contributed by atoms with Crippen molar-refractivity contribution in [3.05, 3.63) is 29.3 Å². The zero-order valence-corrected chi connectivity index (χ0v) is 15.8. The second kappa shape index (κ2) is 8.00. The molecule has 0 bridgehead atoms. The van der Waals surface area contributed by atoms with Crippen LogP contribution in [0.4, 0.5) is 0 Å². The van der Waals surface area contributed by atoms with E-state index in [1.165, 1.54) is 4.31 Å². The maximum atomic E-state index is 12.9. The lowest BCUT2D eigenvalue weighted by atomic mass is 10.2. The second-order valence-electron chi connectivity index (χ2n) is 6.31. The van der Waals surface area contributed by atoms with Gasteiger partial charge >= 0.3 is 0 Å². The molecule has 7 heteroatoms. The third kappa shape index (κ3) is 4.40. The topological polar surface area (TPSA) is 69.7 Å². The summed E-state index contributed by atoms with van der Waals surface area (Å²) < 4.78 is 27.3. The first-order chi connectivity index (χ1) is 11.8. The summed E-state index contributed by atoms with van der Waals surface area (Å²) in [4.78, 5) is 14.3. The normalized spacial score (nSPS) is 17.7. The van der Waals surface area contributed by atoms with E-state index in [1.54, 1.807) is 19.9 Å². The number of sulfonamides is 1. The minimum Gasteiger partial charge on any atom is -0.344 e. The molecule has 1 heterocycles. The van der Waals surface area contributed by atoms with E-state index in [4.69, 9.17) is 6.42 Å². The molecule has 2 rings (SSSR count). The van der Waals surface area contributed by atoms with Crippen LogP contribution in [0.2, 0.25) is 0 Å². The summed E-state index contributed by atoms with van der Waals surface area (Å²) in [6.45, 7) is 7.44. The Bertz CT molecular complexity index is 775. The van der Waals surface area contributed by atoms with E-state index in [0.717, 1.165) is 11.1 Å². The van der Waals surface area contributed by atoms with Crippen molar-refractivity contribution in [2.75, 3.05) is 32.7 Å². The van der Waals surface area contributed by atoms with Crippen LogP contribution in [0.15, 0.2) is 23.1 Å². The van der Waals surface area contributed by atoms with Crippen LogP contribution in [0.5, 0.6) is 0 Å². The van der Waals surface area contributed by atoms with Gasteiger partial charge in [0.2, 0.25) is 15.9 Å². The van der Waals surface area contributed by atoms with Gasteiger partial charge in [0.25, 0.3) is 0 Å². The van der Waals surface area contributed by atoms with E-state index >= 15 is 0 Å². The van der Waals surface area contributed by atoms with Gasteiger partial charge in [0.05, 0.1) is 17.5 Å². The summed E-state index contributed by atoms with van der Waals surface area (Å²) in [5.41, 5.74) is 1.66. The molecule has 0 aliphatic carbocycles. The van der Waals surface area contributed by atoms with Gasteiger partial charge in [-0.2, -0.15) is 4.31 Å². The number of nitrogens with one attached hydrogen (secondary N) is 1. The van der Waals surface area contributed by atoms with Crippen LogP contribution in [0.1, 0.15) is 18.1 Å². The van der Waals surface area contributed by atoms with Crippen molar-refractivity contribution in [3.8, 4) is 12.3 Å². The molecule has 6 nitrogen and oxygen atoms in total. The molecular formula is C18H25N3O3S. The van der Waals surface area contributed by atoms with E-state index in [9.17, 15) is 13.2 Å². The van der Waals surface area contributed by atoms with Crippen molar-refractivity contribution in [2.45, 2.75) is 31.7 Å². The highest BCUT2D eigenvalue weighted by Crippen LogP contribution is 2.22. The van der Waals surface area contributed by atoms with Gasteiger partial charge in [-0.25, -0.2) is 8.42 Å². The van der Waals surface area contributed by atoms with Gasteiger partial charge in [-0.3, -0.25) is 9.69 Å². The Hall–Kier alpha value is -1.88. The molecule has 136 valence electrons. The number of aryl methyl sites for hydroxylation is 2. The average molecular weight is 363 g/mol. The van der Waals surface area contributed by atoms with Crippen LogP contribution >= 0.6 is 0 Å². The number of nitrogens with zero attached hydrogens (tertiary/aromatic N) is 2. The summed E-state index contributed by atoms with van der Waals surface area (Å²) in [7, 11) is -3.52. The van der Waals surface area contributed by atoms with E-state index in [0.29, 0.717) is 31.1 Å². The molecule has 0 saturated carbocycles. The lowest BCUT2D eigenvalue weighted by Crippen LogP contribution is -2.54. The molecule has 1 saturated heterocycles. The summed E-state index contributed by atoms with van der Waals surface area (Å²) >= 11 is 0. The molecule has 1 aromatic carbocycles. The lowest BCUT2D eigenvalue weighted by molar-refractivity contribution is -0.126. The van der Waals surface area contributed by atoms with Crippen LogP contribution in [-0.4, -0.2) is 62.3 Å².